The Kier molecular flexibility index (Phi) is 11.4. The minimum atomic E-state index is -0.982. The molecule has 200 valence electrons. The maximum atomic E-state index is 12.4. The van der Waals surface area contributed by atoms with Crippen LogP contribution in [0, 0.1) is 0 Å². The zero-order valence-corrected chi connectivity index (χ0v) is 21.6. The van der Waals surface area contributed by atoms with E-state index in [0.717, 1.165) is 5.56 Å². The fourth-order valence-electron chi connectivity index (χ4n) is 2.99. The molecule has 0 heterocycles. The van der Waals surface area contributed by atoms with E-state index in [2.05, 4.69) is 10.6 Å². The van der Waals surface area contributed by atoms with Gasteiger partial charge >= 0.3 is 18.2 Å². The largest absolute Gasteiger partial charge is 0.479 e. The molecule has 1 unspecified atom stereocenters. The van der Waals surface area contributed by atoms with Crippen LogP contribution in [-0.2, 0) is 25.6 Å². The third kappa shape index (κ3) is 11.5. The normalized spacial score (nSPS) is 11.6. The minimum Gasteiger partial charge on any atom is -0.479 e. The number of rotatable bonds is 12. The van der Waals surface area contributed by atoms with Gasteiger partial charge in [0, 0.05) is 18.5 Å². The van der Waals surface area contributed by atoms with Gasteiger partial charge in [0.1, 0.15) is 18.0 Å². The molecule has 2 rings (SSSR count). The molecule has 0 saturated carbocycles. The number of amides is 2. The summed E-state index contributed by atoms with van der Waals surface area (Å²) in [4.78, 5) is 48.4. The number of hydrogen-bond donors (Lipinski definition) is 2. The highest BCUT2D eigenvalue weighted by Crippen LogP contribution is 2.16. The predicted octanol–water partition coefficient (Wildman–Crippen LogP) is 4.02. The van der Waals surface area contributed by atoms with Gasteiger partial charge in [0.05, 0.1) is 13.2 Å². The average Bonchev–Trinajstić information content (AvgIpc) is 2.85. The fraction of sp³-hybridized carbons (Fsp3) is 0.407. The van der Waals surface area contributed by atoms with Gasteiger partial charge in [0.15, 0.2) is 11.9 Å². The monoisotopic (exact) mass is 514 g/mol. The standard InChI is InChI=1S/C27H34N2O8/c1-5-34-24(31)23(15-16-28-25(32)35-18-19-9-7-6-8-10-19)36-21-13-11-20(12-14-21)22(30)17-29-26(33)37-27(2,3)4/h6-14,23H,5,15-18H2,1-4H3,(H,28,32)(H,29,33). The molecule has 2 amide bonds. The van der Waals surface area contributed by atoms with Crippen LogP contribution in [0.3, 0.4) is 0 Å². The van der Waals surface area contributed by atoms with E-state index in [4.69, 9.17) is 18.9 Å². The lowest BCUT2D eigenvalue weighted by molar-refractivity contribution is -0.151. The van der Waals surface area contributed by atoms with Gasteiger partial charge in [-0.25, -0.2) is 14.4 Å². The van der Waals surface area contributed by atoms with Crippen LogP contribution in [0.2, 0.25) is 0 Å². The number of ether oxygens (including phenoxy) is 4. The van der Waals surface area contributed by atoms with E-state index >= 15 is 0 Å². The molecule has 0 radical (unpaired) electrons. The van der Waals surface area contributed by atoms with E-state index in [9.17, 15) is 19.2 Å². The third-order valence-corrected chi connectivity index (χ3v) is 4.68. The van der Waals surface area contributed by atoms with Gasteiger partial charge in [0.25, 0.3) is 0 Å². The van der Waals surface area contributed by atoms with E-state index in [1.54, 1.807) is 27.7 Å². The van der Waals surface area contributed by atoms with E-state index in [-0.39, 0.29) is 38.5 Å². The van der Waals surface area contributed by atoms with Crippen molar-refractivity contribution >= 4 is 23.9 Å². The summed E-state index contributed by atoms with van der Waals surface area (Å²) in [6.45, 7) is 7.04. The number of carbonyl (C=O) groups is 4. The lowest BCUT2D eigenvalue weighted by Gasteiger charge is -2.19. The Morgan fingerprint density at radius 3 is 2.16 bits per heavy atom. The lowest BCUT2D eigenvalue weighted by Crippen LogP contribution is -2.35. The van der Waals surface area contributed by atoms with Crippen LogP contribution in [-0.4, -0.2) is 55.3 Å². The molecule has 0 aliphatic rings. The summed E-state index contributed by atoms with van der Waals surface area (Å²) in [5.74, 6) is -0.567. The second-order valence-corrected chi connectivity index (χ2v) is 8.94. The number of ketones is 1. The van der Waals surface area contributed by atoms with E-state index in [0.29, 0.717) is 11.3 Å². The molecule has 10 heteroatoms. The van der Waals surface area contributed by atoms with Gasteiger partial charge in [-0.05, 0) is 57.5 Å². The number of nitrogens with one attached hydrogen (secondary N) is 2. The molecule has 37 heavy (non-hydrogen) atoms. The van der Waals surface area contributed by atoms with Crippen molar-refractivity contribution in [3.8, 4) is 5.75 Å². The average molecular weight is 515 g/mol. The van der Waals surface area contributed by atoms with Gasteiger partial charge in [0.2, 0.25) is 0 Å². The first-order chi connectivity index (χ1) is 17.6. The first-order valence-electron chi connectivity index (χ1n) is 12.0. The van der Waals surface area contributed by atoms with Crippen LogP contribution in [0.5, 0.6) is 5.75 Å². The summed E-state index contributed by atoms with van der Waals surface area (Å²) in [5, 5.41) is 5.00. The zero-order valence-electron chi connectivity index (χ0n) is 21.6. The molecule has 10 nitrogen and oxygen atoms in total. The maximum Gasteiger partial charge on any atom is 0.408 e. The molecule has 2 aromatic rings. The Labute approximate surface area is 216 Å². The molecule has 1 atom stereocenters. The molecule has 0 fully saturated rings. The highest BCUT2D eigenvalue weighted by atomic mass is 16.6. The van der Waals surface area contributed by atoms with Gasteiger partial charge in [-0.2, -0.15) is 0 Å². The molecule has 2 aromatic carbocycles. The summed E-state index contributed by atoms with van der Waals surface area (Å²) in [7, 11) is 0. The first-order valence-corrected chi connectivity index (χ1v) is 12.0. The quantitative estimate of drug-likeness (QED) is 0.247. The van der Waals surface area contributed by atoms with E-state index in [1.165, 1.54) is 24.3 Å². The van der Waals surface area contributed by atoms with Crippen LogP contribution in [0.25, 0.3) is 0 Å². The highest BCUT2D eigenvalue weighted by Gasteiger charge is 2.22. The zero-order chi connectivity index (χ0) is 27.3. The second-order valence-electron chi connectivity index (χ2n) is 8.94. The maximum absolute atomic E-state index is 12.4. The van der Waals surface area contributed by atoms with Gasteiger partial charge in [-0.3, -0.25) is 4.79 Å². The van der Waals surface area contributed by atoms with Crippen molar-refractivity contribution in [2.45, 2.75) is 52.4 Å². The molecule has 2 N–H and O–H groups in total. The molecule has 0 aliphatic heterocycles. The first kappa shape index (κ1) is 29.2. The Morgan fingerprint density at radius 2 is 1.54 bits per heavy atom. The van der Waals surface area contributed by atoms with Crippen LogP contribution in [0.1, 0.15) is 50.0 Å². The SMILES string of the molecule is CCOC(=O)C(CCNC(=O)OCc1ccccc1)Oc1ccc(C(=O)CNC(=O)OC(C)(C)C)cc1. The highest BCUT2D eigenvalue weighted by molar-refractivity contribution is 5.99. The van der Waals surface area contributed by atoms with Crippen molar-refractivity contribution in [1.29, 1.82) is 0 Å². The van der Waals surface area contributed by atoms with E-state index in [1.807, 2.05) is 30.3 Å². The molecule has 0 bridgehead atoms. The molecule has 0 saturated heterocycles. The summed E-state index contributed by atoms with van der Waals surface area (Å²) in [6, 6.07) is 15.4. The lowest BCUT2D eigenvalue weighted by atomic mass is 10.1. The minimum absolute atomic E-state index is 0.115. The van der Waals surface area contributed by atoms with Crippen molar-refractivity contribution < 1.29 is 38.1 Å². The Bertz CT molecular complexity index is 1030. The molecule has 0 aromatic heterocycles. The second kappa shape index (κ2) is 14.5. The van der Waals surface area contributed by atoms with Crippen LogP contribution in [0.4, 0.5) is 9.59 Å². The number of esters is 1. The molecular formula is C27H34N2O8. The van der Waals surface area contributed by atoms with Crippen LogP contribution < -0.4 is 15.4 Å². The van der Waals surface area contributed by atoms with Crippen molar-refractivity contribution in [2.24, 2.45) is 0 Å². The number of benzene rings is 2. The number of Topliss-reactive ketones (excluding diaryl/α,β-unsaturated/α-hetero) is 1. The van der Waals surface area contributed by atoms with Crippen molar-refractivity contribution in [1.82, 2.24) is 10.6 Å². The number of alkyl carbamates (subject to hydrolysis) is 2. The van der Waals surface area contributed by atoms with Gasteiger partial charge in [-0.15, -0.1) is 0 Å². The molecule has 0 aliphatic carbocycles. The topological polar surface area (TPSA) is 129 Å². The van der Waals surface area contributed by atoms with Crippen molar-refractivity contribution in [2.75, 3.05) is 19.7 Å². The van der Waals surface area contributed by atoms with Gasteiger partial charge < -0.3 is 29.6 Å². The molecular weight excluding hydrogens is 480 g/mol. The Hall–Kier alpha value is -4.08. The van der Waals surface area contributed by atoms with Crippen LogP contribution >= 0.6 is 0 Å². The summed E-state index contributed by atoms with van der Waals surface area (Å²) >= 11 is 0. The Morgan fingerprint density at radius 1 is 0.865 bits per heavy atom. The van der Waals surface area contributed by atoms with Gasteiger partial charge in [-0.1, -0.05) is 30.3 Å². The Balaban J connectivity index is 1.86. The van der Waals surface area contributed by atoms with Crippen molar-refractivity contribution in [3.05, 3.63) is 65.7 Å². The molecule has 0 spiro atoms. The van der Waals surface area contributed by atoms with E-state index < -0.39 is 29.9 Å². The summed E-state index contributed by atoms with van der Waals surface area (Å²) < 4.78 is 21.1. The summed E-state index contributed by atoms with van der Waals surface area (Å²) in [6.07, 6.45) is -2.14. The predicted molar refractivity (Wildman–Crippen MR) is 135 cm³/mol. The van der Waals surface area contributed by atoms with Crippen LogP contribution in [0.15, 0.2) is 54.6 Å². The fourth-order valence-corrected chi connectivity index (χ4v) is 2.99. The smallest absolute Gasteiger partial charge is 0.408 e. The third-order valence-electron chi connectivity index (χ3n) is 4.68. The van der Waals surface area contributed by atoms with Crippen molar-refractivity contribution in [3.63, 3.8) is 0 Å². The number of carbonyl (C=O) groups excluding carboxylic acids is 4. The number of hydrogen-bond acceptors (Lipinski definition) is 8. The summed E-state index contributed by atoms with van der Waals surface area (Å²) in [5.41, 5.74) is 0.534.